The van der Waals surface area contributed by atoms with Crippen molar-refractivity contribution < 1.29 is 53.4 Å². The van der Waals surface area contributed by atoms with Gasteiger partial charge in [0.15, 0.2) is 0 Å². The fourth-order valence-electron chi connectivity index (χ4n) is 3.68. The number of anilines is 2. The van der Waals surface area contributed by atoms with Crippen LogP contribution in [0.1, 0.15) is 37.7 Å². The number of halogens is 4. The first-order valence-corrected chi connectivity index (χ1v) is 16.6. The van der Waals surface area contributed by atoms with Gasteiger partial charge in [-0.25, -0.2) is 4.98 Å². The van der Waals surface area contributed by atoms with Crippen LogP contribution in [0.15, 0.2) is 54.6 Å². The number of carbonyl (C=O) groups excluding carboxylic acids is 2. The van der Waals surface area contributed by atoms with Crippen LogP contribution in [0.3, 0.4) is 0 Å². The summed E-state index contributed by atoms with van der Waals surface area (Å²) < 4.78 is 97.0. The Hall–Kier alpha value is -4.07. The lowest BCUT2D eigenvalue weighted by atomic mass is 10.1. The molecule has 5 N–H and O–H groups in total. The van der Waals surface area contributed by atoms with E-state index in [0.717, 1.165) is 12.1 Å². The number of H-pyrrole nitrogens is 1. The molecule has 46 heavy (non-hydrogen) atoms. The molecule has 0 aliphatic heterocycles. The van der Waals surface area contributed by atoms with E-state index in [1.54, 1.807) is 25.1 Å². The minimum absolute atomic E-state index is 0.0879. The van der Waals surface area contributed by atoms with Crippen molar-refractivity contribution in [1.29, 1.82) is 0 Å². The average molecular weight is 709 g/mol. The molecule has 0 aliphatic carbocycles. The first-order chi connectivity index (χ1) is 21.1. The molecule has 0 bridgehead atoms. The highest BCUT2D eigenvalue weighted by Crippen LogP contribution is 2.33. The molecule has 0 unspecified atom stereocenters. The van der Waals surface area contributed by atoms with E-state index in [1.807, 2.05) is 0 Å². The smallest absolute Gasteiger partial charge is 0.377 e. The largest absolute Gasteiger partial charge is 0.417 e. The quantitative estimate of drug-likeness (QED) is 0.166. The van der Waals surface area contributed by atoms with Crippen molar-refractivity contribution in [3.8, 4) is 0 Å². The van der Waals surface area contributed by atoms with Crippen LogP contribution in [0.4, 0.5) is 24.5 Å². The topological polar surface area (TPSA) is 205 Å². The SMILES string of the molecule is COCc1nc2c(C(=O)Nc3cccc(Cl)c3C)cc(NC(=O)c3ccccc3C(F)(F)F)cc2[nH]1.CS(=O)(=O)O.CS(=O)(=O)O. The van der Waals surface area contributed by atoms with Gasteiger partial charge in [-0.15, -0.1) is 0 Å². The van der Waals surface area contributed by atoms with Gasteiger partial charge in [0, 0.05) is 23.5 Å². The molecular formula is C27H28ClF3N4O9S2. The number of rotatable bonds is 6. The van der Waals surface area contributed by atoms with Gasteiger partial charge in [-0.2, -0.15) is 30.0 Å². The van der Waals surface area contributed by atoms with E-state index >= 15 is 0 Å². The van der Waals surface area contributed by atoms with E-state index in [0.29, 0.717) is 45.6 Å². The van der Waals surface area contributed by atoms with Crippen LogP contribution in [0.5, 0.6) is 0 Å². The lowest BCUT2D eigenvalue weighted by Gasteiger charge is -2.14. The van der Waals surface area contributed by atoms with Crippen LogP contribution < -0.4 is 10.6 Å². The number of hydrogen-bond acceptors (Lipinski definition) is 8. The van der Waals surface area contributed by atoms with E-state index in [2.05, 4.69) is 20.6 Å². The molecule has 0 spiro atoms. The maximum atomic E-state index is 13.4. The Morgan fingerprint density at radius 1 is 0.935 bits per heavy atom. The van der Waals surface area contributed by atoms with Gasteiger partial charge in [-0.1, -0.05) is 29.8 Å². The van der Waals surface area contributed by atoms with E-state index in [-0.39, 0.29) is 17.9 Å². The van der Waals surface area contributed by atoms with Crippen molar-refractivity contribution in [2.45, 2.75) is 19.7 Å². The third-order valence-corrected chi connectivity index (χ3v) is 5.82. The summed E-state index contributed by atoms with van der Waals surface area (Å²) in [4.78, 5) is 33.5. The molecule has 1 heterocycles. The van der Waals surface area contributed by atoms with Crippen molar-refractivity contribution >= 4 is 66.1 Å². The number of alkyl halides is 3. The number of aromatic nitrogens is 2. The van der Waals surface area contributed by atoms with E-state index in [4.69, 9.17) is 25.4 Å². The zero-order valence-electron chi connectivity index (χ0n) is 24.4. The summed E-state index contributed by atoms with van der Waals surface area (Å²) in [5.41, 5.74) is 0.387. The number of nitrogens with one attached hydrogen (secondary N) is 3. The second kappa shape index (κ2) is 15.5. The number of nitrogens with zero attached hydrogens (tertiary/aromatic N) is 1. The van der Waals surface area contributed by atoms with Gasteiger partial charge in [0.2, 0.25) is 0 Å². The summed E-state index contributed by atoms with van der Waals surface area (Å²) in [7, 11) is -5.85. The van der Waals surface area contributed by atoms with Crippen LogP contribution in [0.2, 0.25) is 5.02 Å². The van der Waals surface area contributed by atoms with Crippen LogP contribution >= 0.6 is 11.6 Å². The van der Waals surface area contributed by atoms with E-state index in [1.165, 1.54) is 31.4 Å². The number of imidazole rings is 1. The highest BCUT2D eigenvalue weighted by Gasteiger charge is 2.35. The Morgan fingerprint density at radius 3 is 2.07 bits per heavy atom. The molecule has 250 valence electrons. The van der Waals surface area contributed by atoms with Crippen molar-refractivity contribution in [2.24, 2.45) is 0 Å². The van der Waals surface area contributed by atoms with Crippen LogP contribution in [-0.2, 0) is 37.8 Å². The first-order valence-electron chi connectivity index (χ1n) is 12.5. The summed E-state index contributed by atoms with van der Waals surface area (Å²) in [6.45, 7) is 1.87. The Balaban J connectivity index is 0.000000642. The molecule has 13 nitrogen and oxygen atoms in total. The molecule has 0 saturated heterocycles. The number of benzene rings is 3. The number of carbonyl (C=O) groups is 2. The van der Waals surface area contributed by atoms with Gasteiger partial charge in [0.05, 0.1) is 34.7 Å². The molecule has 0 radical (unpaired) electrons. The molecule has 3 aromatic carbocycles. The van der Waals surface area contributed by atoms with Crippen molar-refractivity contribution in [1.82, 2.24) is 9.97 Å². The zero-order valence-corrected chi connectivity index (χ0v) is 26.8. The minimum atomic E-state index is -4.71. The molecule has 4 rings (SSSR count). The van der Waals surface area contributed by atoms with Crippen LogP contribution in [-0.4, -0.2) is 67.3 Å². The predicted molar refractivity (Wildman–Crippen MR) is 165 cm³/mol. The van der Waals surface area contributed by atoms with Gasteiger partial charge in [-0.05, 0) is 48.9 Å². The monoisotopic (exact) mass is 708 g/mol. The van der Waals surface area contributed by atoms with Crippen LogP contribution in [0, 0.1) is 6.92 Å². The molecule has 1 aromatic heterocycles. The summed E-state index contributed by atoms with van der Waals surface area (Å²) in [5.74, 6) is -1.10. The Kier molecular flexibility index (Phi) is 12.8. The summed E-state index contributed by atoms with van der Waals surface area (Å²) in [6, 6.07) is 12.3. The van der Waals surface area contributed by atoms with Gasteiger partial charge in [0.25, 0.3) is 32.1 Å². The second-order valence-electron chi connectivity index (χ2n) is 9.37. The predicted octanol–water partition coefficient (Wildman–Crippen LogP) is 5.20. The molecular weight excluding hydrogens is 681 g/mol. The fourth-order valence-corrected chi connectivity index (χ4v) is 3.85. The molecule has 19 heteroatoms. The lowest BCUT2D eigenvalue weighted by molar-refractivity contribution is -0.137. The minimum Gasteiger partial charge on any atom is -0.377 e. The number of aromatic amines is 1. The van der Waals surface area contributed by atoms with Gasteiger partial charge in [0.1, 0.15) is 17.9 Å². The summed E-state index contributed by atoms with van der Waals surface area (Å²) >= 11 is 6.15. The second-order valence-corrected chi connectivity index (χ2v) is 12.7. The van der Waals surface area contributed by atoms with Gasteiger partial charge < -0.3 is 20.4 Å². The molecule has 2 amide bonds. The molecule has 0 atom stereocenters. The van der Waals surface area contributed by atoms with Crippen LogP contribution in [0.25, 0.3) is 11.0 Å². The van der Waals surface area contributed by atoms with Crippen molar-refractivity contribution in [3.63, 3.8) is 0 Å². The van der Waals surface area contributed by atoms with Gasteiger partial charge >= 0.3 is 6.18 Å². The van der Waals surface area contributed by atoms with E-state index in [9.17, 15) is 39.6 Å². The Bertz CT molecular complexity index is 1900. The molecule has 0 saturated carbocycles. The molecule has 0 aliphatic rings. The average Bonchev–Trinajstić information content (AvgIpc) is 3.31. The highest BCUT2D eigenvalue weighted by atomic mass is 35.5. The first kappa shape index (κ1) is 38.1. The highest BCUT2D eigenvalue weighted by molar-refractivity contribution is 7.85. The Morgan fingerprint density at radius 2 is 1.50 bits per heavy atom. The number of methoxy groups -OCH3 is 1. The maximum Gasteiger partial charge on any atom is 0.417 e. The van der Waals surface area contributed by atoms with Crippen molar-refractivity contribution in [2.75, 3.05) is 30.3 Å². The fraction of sp³-hybridized carbons (Fsp3) is 0.222. The third kappa shape index (κ3) is 12.4. The summed E-state index contributed by atoms with van der Waals surface area (Å²) in [6.07, 6.45) is -3.28. The molecule has 0 fully saturated rings. The standard InChI is InChI=1S/C25H20ClF3N4O3.2CH4O3S/c1-13-18(26)8-5-9-19(13)32-24(35)16-10-14(11-20-22(16)33-21(31-20)12-36-2)30-23(34)15-6-3-4-7-17(15)25(27,28)29;2*1-5(2,3)4/h3-11H,12H2,1-2H3,(H,30,34)(H,31,33)(H,32,35);2*1H3,(H,2,3,4). The normalized spacial score (nSPS) is 11.5. The number of ether oxygens (including phenoxy) is 1. The van der Waals surface area contributed by atoms with E-state index < -0.39 is 49.4 Å². The van der Waals surface area contributed by atoms with Crippen molar-refractivity contribution in [3.05, 3.63) is 87.7 Å². The third-order valence-electron chi connectivity index (χ3n) is 5.41. The Labute approximate surface area is 266 Å². The number of amides is 2. The lowest BCUT2D eigenvalue weighted by Crippen LogP contribution is -2.19. The number of fused-ring (bicyclic) bond motifs is 1. The summed E-state index contributed by atoms with van der Waals surface area (Å²) in [5, 5.41) is 5.70. The zero-order chi connectivity index (χ0) is 35.0. The molecule has 4 aromatic rings. The number of hydrogen-bond donors (Lipinski definition) is 5. The maximum absolute atomic E-state index is 13.4. The van der Waals surface area contributed by atoms with Gasteiger partial charge in [-0.3, -0.25) is 18.7 Å².